The summed E-state index contributed by atoms with van der Waals surface area (Å²) in [6.45, 7) is 10.9. The van der Waals surface area contributed by atoms with Gasteiger partial charge >= 0.3 is 0 Å². The summed E-state index contributed by atoms with van der Waals surface area (Å²) >= 11 is 6.13. The fourth-order valence-corrected chi connectivity index (χ4v) is 5.03. The molecule has 1 fully saturated rings. The van der Waals surface area contributed by atoms with Crippen LogP contribution in [0.4, 0.5) is 5.69 Å². The van der Waals surface area contributed by atoms with Gasteiger partial charge in [0.15, 0.2) is 0 Å². The number of aromatic nitrogens is 2. The predicted molar refractivity (Wildman–Crippen MR) is 157 cm³/mol. The van der Waals surface area contributed by atoms with E-state index >= 15 is 0 Å². The van der Waals surface area contributed by atoms with Crippen molar-refractivity contribution in [1.29, 1.82) is 0 Å². The van der Waals surface area contributed by atoms with Crippen LogP contribution < -0.4 is 4.90 Å². The second kappa shape index (κ2) is 11.4. The molecule has 38 heavy (non-hydrogen) atoms. The average molecular weight is 525 g/mol. The SMILES string of the molecule is C=C(c1ccc2nc(-c3ccc(Cl)cc3)c(CCCCC(C)=O)nc2c1)N1CCN(c2ccc(C)cc2)C1. The highest BCUT2D eigenvalue weighted by molar-refractivity contribution is 6.30. The zero-order chi connectivity index (χ0) is 26.6. The maximum Gasteiger partial charge on any atom is 0.129 e. The number of carbonyl (C=O) groups is 1. The number of fused-ring (bicyclic) bond motifs is 1. The zero-order valence-electron chi connectivity index (χ0n) is 22.1. The molecule has 1 aliphatic heterocycles. The smallest absolute Gasteiger partial charge is 0.129 e. The topological polar surface area (TPSA) is 49.3 Å². The molecule has 5 nitrogen and oxygen atoms in total. The molecule has 0 atom stereocenters. The number of rotatable bonds is 9. The standard InChI is InChI=1S/C32H33ClN4O/c1-22-8-15-28(16-9-22)37-19-18-36(21-37)24(3)26-12-17-29-31(20-26)34-30(7-5-4-6-23(2)38)32(35-29)25-10-13-27(33)14-11-25/h8-17,20H,3-7,18-19,21H2,1-2H3. The number of hydrogen-bond acceptors (Lipinski definition) is 5. The number of halogens is 1. The quantitative estimate of drug-likeness (QED) is 0.215. The summed E-state index contributed by atoms with van der Waals surface area (Å²) in [5.41, 5.74) is 9.07. The van der Waals surface area contributed by atoms with Gasteiger partial charge in [-0.15, -0.1) is 0 Å². The van der Waals surface area contributed by atoms with E-state index in [4.69, 9.17) is 21.6 Å². The Hall–Kier alpha value is -3.70. The fraction of sp³-hybridized carbons (Fsp3) is 0.281. The van der Waals surface area contributed by atoms with Gasteiger partial charge in [-0.05, 0) is 75.1 Å². The van der Waals surface area contributed by atoms with Crippen LogP contribution in [0.25, 0.3) is 28.0 Å². The van der Waals surface area contributed by atoms with Gasteiger partial charge in [0.25, 0.3) is 0 Å². The lowest BCUT2D eigenvalue weighted by molar-refractivity contribution is -0.117. The minimum atomic E-state index is 0.221. The van der Waals surface area contributed by atoms with Gasteiger partial charge in [0.2, 0.25) is 0 Å². The van der Waals surface area contributed by atoms with Crippen LogP contribution in [0.3, 0.4) is 0 Å². The lowest BCUT2D eigenvalue weighted by Gasteiger charge is -2.23. The van der Waals surface area contributed by atoms with E-state index in [0.717, 1.165) is 78.3 Å². The Balaban J connectivity index is 1.40. The van der Waals surface area contributed by atoms with Crippen molar-refractivity contribution in [2.45, 2.75) is 39.5 Å². The number of Topliss-reactive ketones (excluding diaryl/α,β-unsaturated/α-hetero) is 1. The van der Waals surface area contributed by atoms with Gasteiger partial charge in [0.1, 0.15) is 5.78 Å². The van der Waals surface area contributed by atoms with Gasteiger partial charge in [-0.3, -0.25) is 0 Å². The number of ketones is 1. The minimum Gasteiger partial charge on any atom is -0.352 e. The van der Waals surface area contributed by atoms with Crippen LogP contribution in [0.15, 0.2) is 73.3 Å². The highest BCUT2D eigenvalue weighted by Crippen LogP contribution is 2.29. The Morgan fingerprint density at radius 2 is 1.71 bits per heavy atom. The summed E-state index contributed by atoms with van der Waals surface area (Å²) in [6, 6.07) is 22.6. The van der Waals surface area contributed by atoms with Gasteiger partial charge in [0, 0.05) is 41.5 Å². The monoisotopic (exact) mass is 524 g/mol. The molecule has 3 aromatic carbocycles. The molecule has 0 saturated carbocycles. The number of benzene rings is 3. The normalized spacial score (nSPS) is 13.3. The van der Waals surface area contributed by atoms with Crippen molar-refractivity contribution in [3.8, 4) is 11.3 Å². The Kier molecular flexibility index (Phi) is 7.75. The summed E-state index contributed by atoms with van der Waals surface area (Å²) in [5, 5.41) is 0.691. The number of anilines is 1. The fourth-order valence-electron chi connectivity index (χ4n) is 4.91. The van der Waals surface area contributed by atoms with Crippen LogP contribution >= 0.6 is 11.6 Å². The van der Waals surface area contributed by atoms with Crippen molar-refractivity contribution in [3.63, 3.8) is 0 Å². The number of hydrogen-bond donors (Lipinski definition) is 0. The third kappa shape index (κ3) is 5.89. The highest BCUT2D eigenvalue weighted by Gasteiger charge is 2.22. The molecule has 0 radical (unpaired) electrons. The molecule has 0 bridgehead atoms. The molecular formula is C32H33ClN4O. The van der Waals surface area contributed by atoms with Crippen LogP contribution in [-0.4, -0.2) is 40.4 Å². The maximum absolute atomic E-state index is 11.4. The first kappa shape index (κ1) is 25.9. The third-order valence-electron chi connectivity index (χ3n) is 7.14. The first-order chi connectivity index (χ1) is 18.4. The van der Waals surface area contributed by atoms with E-state index in [1.54, 1.807) is 6.92 Å². The molecule has 0 amide bonds. The summed E-state index contributed by atoms with van der Waals surface area (Å²) in [6.07, 6.45) is 3.08. The summed E-state index contributed by atoms with van der Waals surface area (Å²) in [5.74, 6) is 0.221. The van der Waals surface area contributed by atoms with Crippen molar-refractivity contribution in [3.05, 3.63) is 95.2 Å². The van der Waals surface area contributed by atoms with Crippen molar-refractivity contribution >= 4 is 39.8 Å². The van der Waals surface area contributed by atoms with Crippen LogP contribution in [0.1, 0.15) is 43.0 Å². The molecular weight excluding hydrogens is 492 g/mol. The van der Waals surface area contributed by atoms with Gasteiger partial charge in [-0.1, -0.05) is 54.1 Å². The van der Waals surface area contributed by atoms with Crippen LogP contribution in [0.2, 0.25) is 5.02 Å². The van der Waals surface area contributed by atoms with E-state index < -0.39 is 0 Å². The summed E-state index contributed by atoms with van der Waals surface area (Å²) in [7, 11) is 0. The van der Waals surface area contributed by atoms with E-state index in [2.05, 4.69) is 59.7 Å². The lowest BCUT2D eigenvalue weighted by atomic mass is 10.0. The van der Waals surface area contributed by atoms with Gasteiger partial charge in [-0.25, -0.2) is 9.97 Å². The molecule has 0 unspecified atom stereocenters. The minimum absolute atomic E-state index is 0.221. The highest BCUT2D eigenvalue weighted by atomic mass is 35.5. The molecule has 0 aliphatic carbocycles. The van der Waals surface area contributed by atoms with E-state index in [-0.39, 0.29) is 5.78 Å². The van der Waals surface area contributed by atoms with Crippen molar-refractivity contribution < 1.29 is 4.79 Å². The van der Waals surface area contributed by atoms with Gasteiger partial charge in [0.05, 0.1) is 29.1 Å². The Morgan fingerprint density at radius 1 is 0.947 bits per heavy atom. The number of carbonyl (C=O) groups excluding carboxylic acids is 1. The largest absolute Gasteiger partial charge is 0.352 e. The van der Waals surface area contributed by atoms with E-state index in [1.165, 1.54) is 11.3 Å². The van der Waals surface area contributed by atoms with Gasteiger partial charge < -0.3 is 14.6 Å². The van der Waals surface area contributed by atoms with Crippen LogP contribution in [0.5, 0.6) is 0 Å². The van der Waals surface area contributed by atoms with Crippen molar-refractivity contribution in [2.75, 3.05) is 24.7 Å². The molecule has 5 rings (SSSR count). The van der Waals surface area contributed by atoms with Crippen molar-refractivity contribution in [2.24, 2.45) is 0 Å². The summed E-state index contributed by atoms with van der Waals surface area (Å²) < 4.78 is 0. The van der Waals surface area contributed by atoms with Crippen molar-refractivity contribution in [1.82, 2.24) is 14.9 Å². The average Bonchev–Trinajstić information content (AvgIpc) is 3.41. The van der Waals surface area contributed by atoms with Crippen LogP contribution in [-0.2, 0) is 11.2 Å². The van der Waals surface area contributed by atoms with E-state index in [9.17, 15) is 4.79 Å². The van der Waals surface area contributed by atoms with Gasteiger partial charge in [-0.2, -0.15) is 0 Å². The molecule has 6 heteroatoms. The Morgan fingerprint density at radius 3 is 2.45 bits per heavy atom. The zero-order valence-corrected chi connectivity index (χ0v) is 22.8. The third-order valence-corrected chi connectivity index (χ3v) is 7.39. The molecule has 0 spiro atoms. The molecule has 1 saturated heterocycles. The molecule has 1 aromatic heterocycles. The number of unbranched alkanes of at least 4 members (excludes halogenated alkanes) is 1. The molecule has 4 aromatic rings. The maximum atomic E-state index is 11.4. The predicted octanol–water partition coefficient (Wildman–Crippen LogP) is 7.31. The van der Waals surface area contributed by atoms with Crippen LogP contribution in [0, 0.1) is 6.92 Å². The second-order valence-corrected chi connectivity index (χ2v) is 10.5. The second-order valence-electron chi connectivity index (χ2n) is 10.1. The summed E-state index contributed by atoms with van der Waals surface area (Å²) in [4.78, 5) is 26.2. The number of nitrogens with zero attached hydrogens (tertiary/aromatic N) is 4. The molecule has 0 N–H and O–H groups in total. The first-order valence-corrected chi connectivity index (χ1v) is 13.6. The van der Waals surface area contributed by atoms with E-state index in [0.29, 0.717) is 11.4 Å². The Bertz CT molecular complexity index is 1460. The molecule has 194 valence electrons. The lowest BCUT2D eigenvalue weighted by Crippen LogP contribution is -2.24. The Labute approximate surface area is 229 Å². The van der Waals surface area contributed by atoms with E-state index in [1.807, 2.05) is 30.3 Å². The molecule has 2 heterocycles. The number of aryl methyl sites for hydroxylation is 2. The first-order valence-electron chi connectivity index (χ1n) is 13.2. The molecule has 1 aliphatic rings.